The molecular formula is C9H16BBrN4O. The molecule has 0 aromatic heterocycles. The van der Waals surface area contributed by atoms with Gasteiger partial charge in [0, 0.05) is 24.9 Å². The fraction of sp³-hybridized carbons (Fsp3) is 0.444. The van der Waals surface area contributed by atoms with E-state index in [-0.39, 0.29) is 0 Å². The lowest BCUT2D eigenvalue weighted by molar-refractivity contribution is 0.0433. The van der Waals surface area contributed by atoms with E-state index >= 15 is 0 Å². The SMILES string of the molecule is [B]/C(Br)=C(C=NCC)\C=C(/N)CCONN. The summed E-state index contributed by atoms with van der Waals surface area (Å²) in [5, 5.41) is 0. The van der Waals surface area contributed by atoms with Crippen molar-refractivity contribution in [2.45, 2.75) is 13.3 Å². The van der Waals surface area contributed by atoms with Gasteiger partial charge < -0.3 is 5.73 Å². The highest BCUT2D eigenvalue weighted by Gasteiger charge is 1.96. The van der Waals surface area contributed by atoms with E-state index in [1.165, 1.54) is 0 Å². The standard InChI is InChI=1S/C9H16BBrN4O/c1-2-14-6-7(9(10)11)5-8(12)3-4-16-15-13/h5-6,15H,2-4,12-13H2,1H3/b8-5-,9-7-,14-6?. The molecule has 0 spiro atoms. The van der Waals surface area contributed by atoms with Crippen molar-refractivity contribution in [2.24, 2.45) is 16.6 Å². The van der Waals surface area contributed by atoms with E-state index in [9.17, 15) is 0 Å². The number of halogens is 1. The molecule has 88 valence electrons. The molecule has 7 heteroatoms. The first-order valence-corrected chi connectivity index (χ1v) is 5.59. The number of aliphatic imine (C=N–C) groups is 1. The maximum atomic E-state index is 5.77. The second-order valence-electron chi connectivity index (χ2n) is 2.87. The van der Waals surface area contributed by atoms with Crippen LogP contribution in [0.5, 0.6) is 0 Å². The lowest BCUT2D eigenvalue weighted by atomic mass is 10.0. The molecule has 0 aromatic carbocycles. The third-order valence-electron chi connectivity index (χ3n) is 1.61. The largest absolute Gasteiger partial charge is 0.402 e. The summed E-state index contributed by atoms with van der Waals surface area (Å²) in [4.78, 5) is 8.83. The average Bonchev–Trinajstić information content (AvgIpc) is 2.24. The van der Waals surface area contributed by atoms with Crippen LogP contribution in [0.25, 0.3) is 0 Å². The Morgan fingerprint density at radius 1 is 1.62 bits per heavy atom. The van der Waals surface area contributed by atoms with E-state index in [0.717, 1.165) is 5.57 Å². The van der Waals surface area contributed by atoms with Crippen LogP contribution in [0, 0.1) is 0 Å². The number of nitrogens with one attached hydrogen (secondary N) is 1. The normalized spacial score (nSPS) is 14.3. The van der Waals surface area contributed by atoms with E-state index in [2.05, 4.69) is 26.5 Å². The molecule has 5 N–H and O–H groups in total. The van der Waals surface area contributed by atoms with Crippen molar-refractivity contribution in [3.8, 4) is 0 Å². The maximum absolute atomic E-state index is 5.77. The summed E-state index contributed by atoms with van der Waals surface area (Å²) >= 11 is 3.18. The van der Waals surface area contributed by atoms with E-state index in [1.54, 1.807) is 12.3 Å². The van der Waals surface area contributed by atoms with Crippen molar-refractivity contribution >= 4 is 30.0 Å². The average molecular weight is 287 g/mol. The third kappa shape index (κ3) is 7.64. The highest BCUT2D eigenvalue weighted by Crippen LogP contribution is 2.09. The van der Waals surface area contributed by atoms with Crippen LogP contribution in [0.15, 0.2) is 26.7 Å². The molecule has 0 amide bonds. The van der Waals surface area contributed by atoms with Crippen LogP contribution in [-0.2, 0) is 4.84 Å². The molecule has 0 aliphatic heterocycles. The van der Waals surface area contributed by atoms with Gasteiger partial charge in [0.15, 0.2) is 0 Å². The number of hydrazine groups is 1. The van der Waals surface area contributed by atoms with Gasteiger partial charge in [-0.15, -0.1) is 5.59 Å². The molecule has 0 aliphatic rings. The fourth-order valence-electron chi connectivity index (χ4n) is 0.857. The molecule has 0 saturated carbocycles. The van der Waals surface area contributed by atoms with Gasteiger partial charge in [-0.05, 0) is 23.0 Å². The summed E-state index contributed by atoms with van der Waals surface area (Å²) in [6.07, 6.45) is 3.95. The van der Waals surface area contributed by atoms with Crippen LogP contribution in [0.3, 0.4) is 0 Å². The van der Waals surface area contributed by atoms with Crippen LogP contribution < -0.4 is 17.2 Å². The molecule has 0 aromatic rings. The molecule has 0 fully saturated rings. The summed E-state index contributed by atoms with van der Waals surface area (Å²) in [7, 11) is 5.62. The summed E-state index contributed by atoms with van der Waals surface area (Å²) < 4.78 is 0.491. The van der Waals surface area contributed by atoms with E-state index in [0.29, 0.717) is 29.7 Å². The molecule has 0 rings (SSSR count). The van der Waals surface area contributed by atoms with Gasteiger partial charge in [-0.1, -0.05) is 15.9 Å². The highest BCUT2D eigenvalue weighted by atomic mass is 79.9. The summed E-state index contributed by atoms with van der Waals surface area (Å²) in [5.41, 5.74) is 9.21. The molecule has 16 heavy (non-hydrogen) atoms. The maximum Gasteiger partial charge on any atom is 0.125 e. The topological polar surface area (TPSA) is 85.7 Å². The van der Waals surface area contributed by atoms with Gasteiger partial charge >= 0.3 is 0 Å². The zero-order chi connectivity index (χ0) is 12.4. The van der Waals surface area contributed by atoms with E-state index in [1.807, 2.05) is 6.92 Å². The predicted octanol–water partition coefficient (Wildman–Crippen LogP) is 0.480. The molecule has 5 nitrogen and oxygen atoms in total. The molecule has 0 unspecified atom stereocenters. The van der Waals surface area contributed by atoms with Crippen molar-refractivity contribution in [3.05, 3.63) is 21.7 Å². The highest BCUT2D eigenvalue weighted by molar-refractivity contribution is 9.12. The number of hydrogen-bond donors (Lipinski definition) is 3. The molecule has 0 aliphatic carbocycles. The zero-order valence-corrected chi connectivity index (χ0v) is 10.8. The Hall–Kier alpha value is -0.625. The van der Waals surface area contributed by atoms with Crippen molar-refractivity contribution in [1.29, 1.82) is 0 Å². The van der Waals surface area contributed by atoms with Gasteiger partial charge in [-0.2, -0.15) is 0 Å². The van der Waals surface area contributed by atoms with Crippen molar-refractivity contribution in [3.63, 3.8) is 0 Å². The van der Waals surface area contributed by atoms with Gasteiger partial charge in [0.2, 0.25) is 0 Å². The van der Waals surface area contributed by atoms with Gasteiger partial charge in [-0.25, -0.2) is 5.84 Å². The molecule has 0 heterocycles. The minimum Gasteiger partial charge on any atom is -0.402 e. The lowest BCUT2D eigenvalue weighted by Gasteiger charge is -2.03. The minimum absolute atomic E-state index is 0.388. The quantitative estimate of drug-likeness (QED) is 0.159. The Balaban J connectivity index is 4.43. The lowest BCUT2D eigenvalue weighted by Crippen LogP contribution is -2.23. The molecule has 0 bridgehead atoms. The van der Waals surface area contributed by atoms with Gasteiger partial charge in [0.05, 0.1) is 6.61 Å². The summed E-state index contributed by atoms with van der Waals surface area (Å²) in [6, 6.07) is 0. The van der Waals surface area contributed by atoms with Gasteiger partial charge in [-0.3, -0.25) is 9.83 Å². The molecule has 2 radical (unpaired) electrons. The molecule has 0 atom stereocenters. The van der Waals surface area contributed by atoms with Gasteiger partial charge in [0.25, 0.3) is 0 Å². The smallest absolute Gasteiger partial charge is 0.125 e. The van der Waals surface area contributed by atoms with Crippen LogP contribution in [0.2, 0.25) is 0 Å². The Morgan fingerprint density at radius 3 is 2.81 bits per heavy atom. The monoisotopic (exact) mass is 286 g/mol. The molecule has 0 saturated heterocycles. The predicted molar refractivity (Wildman–Crippen MR) is 70.9 cm³/mol. The Morgan fingerprint density at radius 2 is 2.31 bits per heavy atom. The van der Waals surface area contributed by atoms with Gasteiger partial charge in [0.1, 0.15) is 7.85 Å². The van der Waals surface area contributed by atoms with Crippen LogP contribution in [0.1, 0.15) is 13.3 Å². The first kappa shape index (κ1) is 15.4. The van der Waals surface area contributed by atoms with Crippen molar-refractivity contribution in [1.82, 2.24) is 5.59 Å². The Bertz CT molecular complexity index is 287. The van der Waals surface area contributed by atoms with Crippen LogP contribution >= 0.6 is 15.9 Å². The number of nitrogens with two attached hydrogens (primary N) is 2. The van der Waals surface area contributed by atoms with E-state index < -0.39 is 0 Å². The molecular weight excluding hydrogens is 271 g/mol. The first-order chi connectivity index (χ1) is 7.61. The Kier molecular flexibility index (Phi) is 9.22. The summed E-state index contributed by atoms with van der Waals surface area (Å²) in [6.45, 7) is 3.02. The fourth-order valence-corrected chi connectivity index (χ4v) is 1.07. The third-order valence-corrected chi connectivity index (χ3v) is 2.06. The number of nitrogens with zero attached hydrogens (tertiary/aromatic N) is 1. The van der Waals surface area contributed by atoms with E-state index in [4.69, 9.17) is 24.3 Å². The van der Waals surface area contributed by atoms with Crippen LogP contribution in [-0.4, -0.2) is 27.2 Å². The summed E-state index contributed by atoms with van der Waals surface area (Å²) in [5.74, 6) is 4.94. The minimum atomic E-state index is 0.388. The van der Waals surface area contributed by atoms with Crippen LogP contribution in [0.4, 0.5) is 0 Å². The number of rotatable bonds is 7. The second kappa shape index (κ2) is 9.59. The Labute approximate surface area is 105 Å². The number of allylic oxidation sites excluding steroid dienone is 2. The van der Waals surface area contributed by atoms with Crippen molar-refractivity contribution in [2.75, 3.05) is 13.2 Å². The number of hydrogen-bond acceptors (Lipinski definition) is 5. The first-order valence-electron chi connectivity index (χ1n) is 4.80. The zero-order valence-electron chi connectivity index (χ0n) is 9.24. The second-order valence-corrected chi connectivity index (χ2v) is 3.72. The van der Waals surface area contributed by atoms with Crippen molar-refractivity contribution < 1.29 is 4.84 Å².